The summed E-state index contributed by atoms with van der Waals surface area (Å²) < 4.78 is 6.30. The Hall–Kier alpha value is -4.51. The van der Waals surface area contributed by atoms with Crippen molar-refractivity contribution in [3.8, 4) is 22.9 Å². The van der Waals surface area contributed by atoms with Crippen LogP contribution in [0.25, 0.3) is 11.1 Å². The van der Waals surface area contributed by atoms with E-state index in [0.29, 0.717) is 30.1 Å². The van der Waals surface area contributed by atoms with E-state index in [4.69, 9.17) is 4.74 Å². The molecule has 206 valence electrons. The molecule has 0 radical (unpaired) electrons. The highest BCUT2D eigenvalue weighted by Gasteiger charge is 2.29. The molecule has 1 amide bonds. The topological polar surface area (TPSA) is 89.7 Å². The third kappa shape index (κ3) is 5.58. The number of aliphatic hydroxyl groups is 1. The maximum Gasteiger partial charge on any atom is 0.258 e. The van der Waals surface area contributed by atoms with Crippen molar-refractivity contribution in [3.05, 3.63) is 113 Å². The monoisotopic (exact) mass is 544 g/mol. The molecule has 1 fully saturated rings. The van der Waals surface area contributed by atoms with Gasteiger partial charge < -0.3 is 14.7 Å². The third-order valence-electron chi connectivity index (χ3n) is 8.09. The molecule has 3 heterocycles. The van der Waals surface area contributed by atoms with Crippen LogP contribution >= 0.6 is 0 Å². The average molecular weight is 545 g/mol. The average Bonchev–Trinajstić information content (AvgIpc) is 3.67. The molecule has 6 rings (SSSR count). The quantitative estimate of drug-likeness (QED) is 0.321. The minimum absolute atomic E-state index is 0.0598. The molecule has 7 heteroatoms. The predicted molar refractivity (Wildman–Crippen MR) is 158 cm³/mol. The number of hydrogen-bond acceptors (Lipinski definition) is 6. The van der Waals surface area contributed by atoms with Gasteiger partial charge in [0.05, 0.1) is 6.61 Å². The number of benzene rings is 3. The molecule has 0 bridgehead atoms. The van der Waals surface area contributed by atoms with E-state index >= 15 is 0 Å². The molecule has 1 saturated heterocycles. The summed E-state index contributed by atoms with van der Waals surface area (Å²) in [4.78, 5) is 22.1. The summed E-state index contributed by atoms with van der Waals surface area (Å²) in [7, 11) is 0. The highest BCUT2D eigenvalue weighted by molar-refractivity contribution is 6.08. The Morgan fingerprint density at radius 2 is 1.93 bits per heavy atom. The SMILES string of the molecule is N#Cc1cc(COc2cc(C(=O)N3CCc4c(-c5ccccc5)cccc43)ccc2CN2CCC[C@H]2CO)ccn1. The Morgan fingerprint density at radius 1 is 1.05 bits per heavy atom. The number of fused-ring (bicyclic) bond motifs is 1. The van der Waals surface area contributed by atoms with Crippen LogP contribution in [0.1, 0.15) is 45.6 Å². The van der Waals surface area contributed by atoms with E-state index in [1.165, 1.54) is 5.56 Å². The Balaban J connectivity index is 1.29. The summed E-state index contributed by atoms with van der Waals surface area (Å²) >= 11 is 0. The maximum atomic E-state index is 13.9. The third-order valence-corrected chi connectivity index (χ3v) is 8.09. The van der Waals surface area contributed by atoms with Crippen LogP contribution in [0.4, 0.5) is 5.69 Å². The van der Waals surface area contributed by atoms with Crippen LogP contribution in [0.5, 0.6) is 5.75 Å². The second kappa shape index (κ2) is 11.9. The molecule has 2 aliphatic rings. The normalized spacial score (nSPS) is 16.4. The molecule has 0 aliphatic carbocycles. The summed E-state index contributed by atoms with van der Waals surface area (Å²) in [6, 6.07) is 27.9. The first-order valence-electron chi connectivity index (χ1n) is 14.1. The fourth-order valence-electron chi connectivity index (χ4n) is 5.96. The van der Waals surface area contributed by atoms with Crippen LogP contribution in [0, 0.1) is 11.3 Å². The van der Waals surface area contributed by atoms with Gasteiger partial charge in [0.25, 0.3) is 5.91 Å². The maximum absolute atomic E-state index is 13.9. The number of ether oxygens (including phenoxy) is 1. The lowest BCUT2D eigenvalue weighted by Gasteiger charge is -2.24. The number of likely N-dealkylation sites (tertiary alicyclic amines) is 1. The summed E-state index contributed by atoms with van der Waals surface area (Å²) in [5.74, 6) is 0.572. The highest BCUT2D eigenvalue weighted by atomic mass is 16.5. The lowest BCUT2D eigenvalue weighted by molar-refractivity contribution is 0.0989. The number of rotatable bonds is 8. The lowest BCUT2D eigenvalue weighted by Crippen LogP contribution is -2.32. The second-order valence-corrected chi connectivity index (χ2v) is 10.6. The van der Waals surface area contributed by atoms with Crippen molar-refractivity contribution in [1.29, 1.82) is 5.26 Å². The minimum Gasteiger partial charge on any atom is -0.489 e. The van der Waals surface area contributed by atoms with E-state index in [9.17, 15) is 15.2 Å². The first-order valence-corrected chi connectivity index (χ1v) is 14.1. The van der Waals surface area contributed by atoms with E-state index in [1.807, 2.05) is 59.5 Å². The molecule has 0 spiro atoms. The number of carbonyl (C=O) groups is 1. The number of anilines is 1. The van der Waals surface area contributed by atoms with Crippen molar-refractivity contribution in [3.63, 3.8) is 0 Å². The molecule has 7 nitrogen and oxygen atoms in total. The first kappa shape index (κ1) is 26.7. The fraction of sp³-hybridized carbons (Fsp3) is 0.265. The van der Waals surface area contributed by atoms with Crippen LogP contribution in [0.2, 0.25) is 0 Å². The number of amides is 1. The van der Waals surface area contributed by atoms with Crippen molar-refractivity contribution in [2.75, 3.05) is 24.6 Å². The predicted octanol–water partition coefficient (Wildman–Crippen LogP) is 5.36. The number of pyridine rings is 1. The molecule has 0 saturated carbocycles. The minimum atomic E-state index is -0.0598. The Bertz CT molecular complexity index is 1600. The summed E-state index contributed by atoms with van der Waals surface area (Å²) in [6.07, 6.45) is 4.42. The second-order valence-electron chi connectivity index (χ2n) is 10.6. The van der Waals surface area contributed by atoms with Gasteiger partial charge in [-0.25, -0.2) is 4.98 Å². The van der Waals surface area contributed by atoms with Gasteiger partial charge in [0.2, 0.25) is 0 Å². The van der Waals surface area contributed by atoms with Gasteiger partial charge in [-0.2, -0.15) is 5.26 Å². The molecule has 1 atom stereocenters. The fourth-order valence-corrected chi connectivity index (χ4v) is 5.96. The molecule has 4 aromatic rings. The molecule has 2 aliphatic heterocycles. The molecular formula is C34H32N4O3. The van der Waals surface area contributed by atoms with E-state index in [0.717, 1.165) is 53.7 Å². The Kier molecular flexibility index (Phi) is 7.77. The summed E-state index contributed by atoms with van der Waals surface area (Å²) in [6.45, 7) is 2.53. The first-order chi connectivity index (χ1) is 20.1. The number of nitrogens with zero attached hydrogens (tertiary/aromatic N) is 4. The van der Waals surface area contributed by atoms with Crippen molar-refractivity contribution in [2.45, 2.75) is 38.5 Å². The molecule has 0 unspecified atom stereocenters. The van der Waals surface area contributed by atoms with Gasteiger partial charge in [0, 0.05) is 42.1 Å². The summed E-state index contributed by atoms with van der Waals surface area (Å²) in [5, 5.41) is 19.1. The smallest absolute Gasteiger partial charge is 0.258 e. The van der Waals surface area contributed by atoms with Crippen LogP contribution in [0.3, 0.4) is 0 Å². The number of carbonyl (C=O) groups excluding carboxylic acids is 1. The van der Waals surface area contributed by atoms with E-state index in [1.54, 1.807) is 12.3 Å². The number of aromatic nitrogens is 1. The summed E-state index contributed by atoms with van der Waals surface area (Å²) in [5.41, 5.74) is 7.14. The van der Waals surface area contributed by atoms with Crippen LogP contribution in [0.15, 0.2) is 85.1 Å². The zero-order chi connectivity index (χ0) is 28.2. The number of aliphatic hydroxyl groups excluding tert-OH is 1. The zero-order valence-electron chi connectivity index (χ0n) is 22.9. The van der Waals surface area contributed by atoms with Gasteiger partial charge in [-0.3, -0.25) is 9.69 Å². The van der Waals surface area contributed by atoms with Crippen LogP contribution in [-0.2, 0) is 19.6 Å². The van der Waals surface area contributed by atoms with Crippen LogP contribution in [-0.4, -0.2) is 46.6 Å². The van der Waals surface area contributed by atoms with E-state index < -0.39 is 0 Å². The van der Waals surface area contributed by atoms with E-state index in [2.05, 4.69) is 34.2 Å². The van der Waals surface area contributed by atoms with Gasteiger partial charge in [0.1, 0.15) is 24.1 Å². The van der Waals surface area contributed by atoms with Gasteiger partial charge in [0.15, 0.2) is 0 Å². The van der Waals surface area contributed by atoms with Gasteiger partial charge in [-0.05, 0) is 78.4 Å². The van der Waals surface area contributed by atoms with Crippen molar-refractivity contribution < 1.29 is 14.6 Å². The molecule has 41 heavy (non-hydrogen) atoms. The van der Waals surface area contributed by atoms with Crippen molar-refractivity contribution in [2.24, 2.45) is 0 Å². The largest absolute Gasteiger partial charge is 0.489 e. The van der Waals surface area contributed by atoms with E-state index in [-0.39, 0.29) is 25.2 Å². The standard InChI is InChI=1S/C34H32N4O3/c35-20-28-18-24(13-15-36-28)23-41-33-19-26(11-12-27(33)21-37-16-5-8-29(37)22-39)34(40)38-17-14-31-30(9-4-10-32(31)38)25-6-2-1-3-7-25/h1-4,6-7,9-13,15,18-19,29,39H,5,8,14,16-17,21-23H2/t29-/m0/s1. The molecular weight excluding hydrogens is 512 g/mol. The highest BCUT2D eigenvalue weighted by Crippen LogP contribution is 2.37. The Morgan fingerprint density at radius 3 is 2.76 bits per heavy atom. The number of hydrogen-bond donors (Lipinski definition) is 1. The lowest BCUT2D eigenvalue weighted by atomic mass is 9.98. The van der Waals surface area contributed by atoms with Crippen molar-refractivity contribution >= 4 is 11.6 Å². The Labute approximate surface area is 240 Å². The van der Waals surface area contributed by atoms with Crippen molar-refractivity contribution in [1.82, 2.24) is 9.88 Å². The van der Waals surface area contributed by atoms with Crippen LogP contribution < -0.4 is 9.64 Å². The van der Waals surface area contributed by atoms with Gasteiger partial charge in [-0.15, -0.1) is 0 Å². The number of nitriles is 1. The van der Waals surface area contributed by atoms with Gasteiger partial charge in [-0.1, -0.05) is 48.5 Å². The molecule has 1 N–H and O–H groups in total. The zero-order valence-corrected chi connectivity index (χ0v) is 22.9. The molecule has 3 aromatic carbocycles. The van der Waals surface area contributed by atoms with Gasteiger partial charge >= 0.3 is 0 Å². The molecule has 1 aromatic heterocycles.